The van der Waals surface area contributed by atoms with Crippen LogP contribution in [0.4, 0.5) is 5.69 Å². The van der Waals surface area contributed by atoms with Crippen LogP contribution in [0.15, 0.2) is 52.3 Å². The highest BCUT2D eigenvalue weighted by atomic mass is 32.2. The zero-order valence-electron chi connectivity index (χ0n) is 15.5. The van der Waals surface area contributed by atoms with E-state index in [0.717, 1.165) is 12.5 Å². The maximum Gasteiger partial charge on any atom is 0.335 e. The lowest BCUT2D eigenvalue weighted by atomic mass is 10.1. The SMILES string of the molecule is CCCCNS(=O)(=O)c1cccc(NS(=O)(=O)c2cc(C(=O)O)ccc2C)c1. The number of aryl methyl sites for hydroxylation is 1. The van der Waals surface area contributed by atoms with Gasteiger partial charge in [-0.25, -0.2) is 26.4 Å². The highest BCUT2D eigenvalue weighted by molar-refractivity contribution is 7.92. The molecule has 3 N–H and O–H groups in total. The topological polar surface area (TPSA) is 130 Å². The van der Waals surface area contributed by atoms with Crippen molar-refractivity contribution in [2.75, 3.05) is 11.3 Å². The first-order chi connectivity index (χ1) is 13.1. The molecule has 2 aromatic rings. The summed E-state index contributed by atoms with van der Waals surface area (Å²) in [6.07, 6.45) is 1.52. The highest BCUT2D eigenvalue weighted by Crippen LogP contribution is 2.22. The molecule has 152 valence electrons. The number of rotatable bonds is 9. The zero-order valence-corrected chi connectivity index (χ0v) is 17.1. The van der Waals surface area contributed by atoms with Gasteiger partial charge in [0.1, 0.15) is 0 Å². The average molecular weight is 427 g/mol. The summed E-state index contributed by atoms with van der Waals surface area (Å²) in [5.41, 5.74) is 0.253. The minimum Gasteiger partial charge on any atom is -0.478 e. The van der Waals surface area contributed by atoms with Gasteiger partial charge in [-0.2, -0.15) is 0 Å². The summed E-state index contributed by atoms with van der Waals surface area (Å²) < 4.78 is 54.8. The Morgan fingerprint density at radius 1 is 1.04 bits per heavy atom. The smallest absolute Gasteiger partial charge is 0.335 e. The highest BCUT2D eigenvalue weighted by Gasteiger charge is 2.20. The molecule has 0 unspecified atom stereocenters. The number of unbranched alkanes of at least 4 members (excludes halogenated alkanes) is 1. The Kier molecular flexibility index (Phi) is 6.81. The lowest BCUT2D eigenvalue weighted by Gasteiger charge is -2.12. The van der Waals surface area contributed by atoms with E-state index in [9.17, 15) is 21.6 Å². The van der Waals surface area contributed by atoms with Gasteiger partial charge in [0.2, 0.25) is 10.0 Å². The Bertz CT molecular complexity index is 1080. The molecule has 0 saturated carbocycles. The maximum absolute atomic E-state index is 12.7. The fourth-order valence-electron chi connectivity index (χ4n) is 2.43. The molecule has 0 aliphatic carbocycles. The van der Waals surface area contributed by atoms with E-state index in [1.54, 1.807) is 6.92 Å². The lowest BCUT2D eigenvalue weighted by Crippen LogP contribution is -2.25. The Balaban J connectivity index is 2.33. The molecular weight excluding hydrogens is 404 g/mol. The molecule has 0 heterocycles. The fraction of sp³-hybridized carbons (Fsp3) is 0.278. The van der Waals surface area contributed by atoms with Crippen LogP contribution in [0, 0.1) is 6.92 Å². The number of anilines is 1. The van der Waals surface area contributed by atoms with Gasteiger partial charge in [0.05, 0.1) is 21.0 Å². The number of carboxylic acids is 1. The van der Waals surface area contributed by atoms with E-state index in [1.165, 1.54) is 36.4 Å². The van der Waals surface area contributed by atoms with E-state index in [-0.39, 0.29) is 27.6 Å². The first-order valence-corrected chi connectivity index (χ1v) is 11.5. The van der Waals surface area contributed by atoms with Gasteiger partial charge in [-0.05, 0) is 49.2 Å². The molecule has 0 bridgehead atoms. The van der Waals surface area contributed by atoms with Crippen LogP contribution in [-0.2, 0) is 20.0 Å². The Morgan fingerprint density at radius 2 is 1.75 bits per heavy atom. The van der Waals surface area contributed by atoms with Gasteiger partial charge in [-0.15, -0.1) is 0 Å². The first kappa shape index (κ1) is 21.9. The first-order valence-electron chi connectivity index (χ1n) is 8.53. The summed E-state index contributed by atoms with van der Waals surface area (Å²) >= 11 is 0. The number of sulfonamides is 2. The van der Waals surface area contributed by atoms with Gasteiger partial charge in [0.15, 0.2) is 0 Å². The van der Waals surface area contributed by atoms with Gasteiger partial charge in [-0.1, -0.05) is 25.5 Å². The van der Waals surface area contributed by atoms with Crippen molar-refractivity contribution in [2.24, 2.45) is 0 Å². The quantitative estimate of drug-likeness (QED) is 0.529. The Hall–Kier alpha value is -2.43. The number of hydrogen-bond donors (Lipinski definition) is 3. The Labute approximate surface area is 164 Å². The summed E-state index contributed by atoms with van der Waals surface area (Å²) in [7, 11) is -7.88. The molecular formula is C18H22N2O6S2. The molecule has 0 amide bonds. The molecule has 28 heavy (non-hydrogen) atoms. The van der Waals surface area contributed by atoms with Crippen LogP contribution in [0.1, 0.15) is 35.7 Å². The van der Waals surface area contributed by atoms with Gasteiger partial charge < -0.3 is 5.11 Å². The van der Waals surface area contributed by atoms with Crippen molar-refractivity contribution in [3.8, 4) is 0 Å². The van der Waals surface area contributed by atoms with Gasteiger partial charge in [0.25, 0.3) is 10.0 Å². The second kappa shape index (κ2) is 8.72. The second-order valence-corrected chi connectivity index (χ2v) is 9.59. The summed E-state index contributed by atoms with van der Waals surface area (Å²) in [4.78, 5) is 10.9. The molecule has 2 aromatic carbocycles. The van der Waals surface area contributed by atoms with Crippen LogP contribution in [0.5, 0.6) is 0 Å². The maximum atomic E-state index is 12.7. The molecule has 0 spiro atoms. The molecule has 0 fully saturated rings. The van der Waals surface area contributed by atoms with Crippen LogP contribution in [0.2, 0.25) is 0 Å². The minimum absolute atomic E-state index is 0.0542. The number of nitrogens with one attached hydrogen (secondary N) is 2. The number of hydrogen-bond acceptors (Lipinski definition) is 5. The third-order valence-electron chi connectivity index (χ3n) is 3.94. The van der Waals surface area contributed by atoms with Crippen LogP contribution in [0.3, 0.4) is 0 Å². The molecule has 8 nitrogen and oxygen atoms in total. The lowest BCUT2D eigenvalue weighted by molar-refractivity contribution is 0.0696. The average Bonchev–Trinajstić information content (AvgIpc) is 2.61. The number of benzene rings is 2. The van der Waals surface area contributed by atoms with Crippen LogP contribution in [0.25, 0.3) is 0 Å². The fourth-order valence-corrected chi connectivity index (χ4v) is 4.87. The Morgan fingerprint density at radius 3 is 2.39 bits per heavy atom. The third-order valence-corrected chi connectivity index (χ3v) is 6.93. The largest absolute Gasteiger partial charge is 0.478 e. The molecule has 0 atom stereocenters. The van der Waals surface area contributed by atoms with E-state index in [0.29, 0.717) is 12.0 Å². The van der Waals surface area contributed by atoms with E-state index >= 15 is 0 Å². The molecule has 0 aromatic heterocycles. The van der Waals surface area contributed by atoms with Crippen LogP contribution >= 0.6 is 0 Å². The number of aromatic carboxylic acids is 1. The normalized spacial score (nSPS) is 11.9. The summed E-state index contributed by atoms with van der Waals surface area (Å²) in [6, 6.07) is 9.19. The van der Waals surface area contributed by atoms with Gasteiger partial charge in [-0.3, -0.25) is 4.72 Å². The van der Waals surface area contributed by atoms with Crippen molar-refractivity contribution in [1.82, 2.24) is 4.72 Å². The predicted octanol–water partition coefficient (Wildman–Crippen LogP) is 2.57. The number of carbonyl (C=O) groups is 1. The van der Waals surface area contributed by atoms with Crippen LogP contribution in [-0.4, -0.2) is 34.5 Å². The molecule has 0 aliphatic heterocycles. The monoisotopic (exact) mass is 426 g/mol. The van der Waals surface area contributed by atoms with Crippen molar-refractivity contribution < 1.29 is 26.7 Å². The van der Waals surface area contributed by atoms with Gasteiger partial charge in [0, 0.05) is 6.54 Å². The van der Waals surface area contributed by atoms with Crippen molar-refractivity contribution in [1.29, 1.82) is 0 Å². The summed E-state index contributed by atoms with van der Waals surface area (Å²) in [5.74, 6) is -1.25. The van der Waals surface area contributed by atoms with E-state index in [4.69, 9.17) is 5.11 Å². The predicted molar refractivity (Wildman–Crippen MR) is 105 cm³/mol. The molecule has 10 heteroatoms. The number of carboxylic acid groups (broad SMARTS) is 1. The molecule has 0 radical (unpaired) electrons. The van der Waals surface area contributed by atoms with E-state index < -0.39 is 26.0 Å². The summed E-state index contributed by atoms with van der Waals surface area (Å²) in [6.45, 7) is 3.76. The van der Waals surface area contributed by atoms with Crippen LogP contribution < -0.4 is 9.44 Å². The minimum atomic E-state index is -4.11. The molecule has 0 saturated heterocycles. The second-order valence-electron chi connectivity index (χ2n) is 6.17. The van der Waals surface area contributed by atoms with Crippen molar-refractivity contribution in [3.63, 3.8) is 0 Å². The van der Waals surface area contributed by atoms with Crippen molar-refractivity contribution in [2.45, 2.75) is 36.5 Å². The standard InChI is InChI=1S/C18H22N2O6S2/c1-3-4-10-19-27(23,24)16-7-5-6-15(12-16)20-28(25,26)17-11-14(18(21)22)9-8-13(17)2/h5-9,11-12,19-20H,3-4,10H2,1-2H3,(H,21,22). The molecule has 0 aliphatic rings. The van der Waals surface area contributed by atoms with E-state index in [1.807, 2.05) is 6.92 Å². The summed E-state index contributed by atoms with van der Waals surface area (Å²) in [5, 5.41) is 9.08. The van der Waals surface area contributed by atoms with Crippen molar-refractivity contribution in [3.05, 3.63) is 53.6 Å². The zero-order chi connectivity index (χ0) is 20.9. The van der Waals surface area contributed by atoms with E-state index in [2.05, 4.69) is 9.44 Å². The van der Waals surface area contributed by atoms with Crippen molar-refractivity contribution >= 4 is 31.7 Å². The third kappa shape index (κ3) is 5.31. The molecule has 2 rings (SSSR count). The van der Waals surface area contributed by atoms with Gasteiger partial charge >= 0.3 is 5.97 Å².